The van der Waals surface area contributed by atoms with Gasteiger partial charge in [0.05, 0.1) is 25.4 Å². The molecule has 0 aliphatic carbocycles. The van der Waals surface area contributed by atoms with Crippen molar-refractivity contribution in [3.8, 4) is 5.75 Å². The van der Waals surface area contributed by atoms with E-state index >= 15 is 0 Å². The molecule has 30 heavy (non-hydrogen) atoms. The highest BCUT2D eigenvalue weighted by molar-refractivity contribution is 7.20. The molecule has 9 heteroatoms. The zero-order valence-electron chi connectivity index (χ0n) is 17.3. The zero-order valence-corrected chi connectivity index (χ0v) is 18.1. The normalized spacial score (nSPS) is 10.8. The van der Waals surface area contributed by atoms with Crippen LogP contribution in [0.1, 0.15) is 27.7 Å². The lowest BCUT2D eigenvalue weighted by molar-refractivity contribution is -0.131. The molecule has 158 valence electrons. The summed E-state index contributed by atoms with van der Waals surface area (Å²) in [5.74, 6) is -0.0305. The van der Waals surface area contributed by atoms with Gasteiger partial charge in [-0.05, 0) is 25.5 Å². The number of hydrogen-bond acceptors (Lipinski definition) is 7. The third-order valence-corrected chi connectivity index (χ3v) is 5.89. The summed E-state index contributed by atoms with van der Waals surface area (Å²) in [6, 6.07) is 7.45. The van der Waals surface area contributed by atoms with Crippen LogP contribution in [0, 0.1) is 6.92 Å². The number of rotatable bonds is 7. The number of esters is 1. The average molecular weight is 429 g/mol. The van der Waals surface area contributed by atoms with E-state index in [1.54, 1.807) is 28.0 Å². The van der Waals surface area contributed by atoms with Gasteiger partial charge in [-0.2, -0.15) is 0 Å². The summed E-state index contributed by atoms with van der Waals surface area (Å²) in [5, 5.41) is 0.339. The van der Waals surface area contributed by atoms with Crippen molar-refractivity contribution in [2.75, 3.05) is 20.8 Å². The lowest BCUT2D eigenvalue weighted by atomic mass is 10.2. The standard InChI is InChI=1S/C21H23N3O5S/c1-5-29-21(27)18-13(2)17-19(30-18)22-12-24(20(17)26)11-16(25)23(3)10-14-8-6-7-9-15(14)28-4/h6-9,12H,5,10-11H2,1-4H3. The maximum absolute atomic E-state index is 12.9. The molecule has 0 atom stereocenters. The molecule has 1 amide bonds. The van der Waals surface area contributed by atoms with E-state index in [9.17, 15) is 14.4 Å². The number of nitrogens with zero attached hydrogens (tertiary/aromatic N) is 3. The third kappa shape index (κ3) is 4.20. The molecule has 8 nitrogen and oxygen atoms in total. The summed E-state index contributed by atoms with van der Waals surface area (Å²) < 4.78 is 11.6. The van der Waals surface area contributed by atoms with Crippen LogP contribution in [0.15, 0.2) is 35.4 Å². The van der Waals surface area contributed by atoms with Gasteiger partial charge in [-0.15, -0.1) is 11.3 Å². The summed E-state index contributed by atoms with van der Waals surface area (Å²) in [4.78, 5) is 44.4. The van der Waals surface area contributed by atoms with Gasteiger partial charge in [-0.1, -0.05) is 18.2 Å². The third-order valence-electron chi connectivity index (χ3n) is 4.71. The smallest absolute Gasteiger partial charge is 0.348 e. The minimum absolute atomic E-state index is 0.155. The molecule has 0 unspecified atom stereocenters. The Kier molecular flexibility index (Phi) is 6.51. The van der Waals surface area contributed by atoms with Crippen LogP contribution in [0.5, 0.6) is 5.75 Å². The number of amides is 1. The van der Waals surface area contributed by atoms with Gasteiger partial charge in [-0.25, -0.2) is 9.78 Å². The van der Waals surface area contributed by atoms with E-state index in [2.05, 4.69) is 4.98 Å². The summed E-state index contributed by atoms with van der Waals surface area (Å²) in [7, 11) is 3.25. The number of thiophene rings is 1. The van der Waals surface area contributed by atoms with E-state index in [1.165, 1.54) is 15.8 Å². The topological polar surface area (TPSA) is 90.7 Å². The molecule has 3 rings (SSSR count). The van der Waals surface area contributed by atoms with Gasteiger partial charge in [0.15, 0.2) is 0 Å². The van der Waals surface area contributed by atoms with E-state index in [1.807, 2.05) is 24.3 Å². The van der Waals surface area contributed by atoms with Gasteiger partial charge in [-0.3, -0.25) is 14.2 Å². The zero-order chi connectivity index (χ0) is 21.8. The monoisotopic (exact) mass is 429 g/mol. The summed E-state index contributed by atoms with van der Waals surface area (Å²) in [6.45, 7) is 3.85. The average Bonchev–Trinajstić information content (AvgIpc) is 3.07. The molecular formula is C21H23N3O5S. The molecule has 3 aromatic rings. The molecule has 0 spiro atoms. The van der Waals surface area contributed by atoms with Gasteiger partial charge in [0.2, 0.25) is 5.91 Å². The lowest BCUT2D eigenvalue weighted by Crippen LogP contribution is -2.33. The predicted octanol–water partition coefficient (Wildman–Crippen LogP) is 2.61. The number of aromatic nitrogens is 2. The minimum atomic E-state index is -0.475. The maximum atomic E-state index is 12.9. The first kappa shape index (κ1) is 21.5. The Bertz CT molecular complexity index is 1150. The van der Waals surface area contributed by atoms with Crippen LogP contribution >= 0.6 is 11.3 Å². The van der Waals surface area contributed by atoms with Crippen LogP contribution in [-0.4, -0.2) is 47.1 Å². The number of hydrogen-bond donors (Lipinski definition) is 0. The second-order valence-corrected chi connectivity index (χ2v) is 7.70. The molecule has 0 saturated carbocycles. The molecule has 0 radical (unpaired) electrons. The van der Waals surface area contributed by atoms with Crippen LogP contribution in [0.2, 0.25) is 0 Å². The molecule has 0 fully saturated rings. The van der Waals surface area contributed by atoms with Crippen LogP contribution < -0.4 is 10.3 Å². The first-order valence-electron chi connectivity index (χ1n) is 9.38. The number of carbonyl (C=O) groups excluding carboxylic acids is 2. The van der Waals surface area contributed by atoms with Crippen LogP contribution in [0.4, 0.5) is 0 Å². The van der Waals surface area contributed by atoms with Crippen molar-refractivity contribution in [1.82, 2.24) is 14.5 Å². The lowest BCUT2D eigenvalue weighted by Gasteiger charge is -2.19. The van der Waals surface area contributed by atoms with Gasteiger partial charge in [0.1, 0.15) is 22.0 Å². The van der Waals surface area contributed by atoms with Crippen molar-refractivity contribution < 1.29 is 19.1 Å². The second-order valence-electron chi connectivity index (χ2n) is 6.70. The molecule has 0 N–H and O–H groups in total. The highest BCUT2D eigenvalue weighted by Gasteiger charge is 2.21. The van der Waals surface area contributed by atoms with Gasteiger partial charge < -0.3 is 14.4 Å². The molecule has 2 aromatic heterocycles. The Balaban J connectivity index is 1.84. The number of para-hydroxylation sites is 1. The van der Waals surface area contributed by atoms with Crippen molar-refractivity contribution in [1.29, 1.82) is 0 Å². The molecule has 2 heterocycles. The van der Waals surface area contributed by atoms with Crippen molar-refractivity contribution in [3.05, 3.63) is 57.0 Å². The fraction of sp³-hybridized carbons (Fsp3) is 0.333. The maximum Gasteiger partial charge on any atom is 0.348 e. The van der Waals surface area contributed by atoms with Crippen LogP contribution in [0.25, 0.3) is 10.2 Å². The fourth-order valence-electron chi connectivity index (χ4n) is 3.11. The Labute approximate surface area is 177 Å². The van der Waals surface area contributed by atoms with Crippen molar-refractivity contribution in [2.24, 2.45) is 0 Å². The van der Waals surface area contributed by atoms with Crippen LogP contribution in [-0.2, 0) is 22.6 Å². The number of likely N-dealkylation sites (N-methyl/N-ethyl adjacent to an activating group) is 1. The largest absolute Gasteiger partial charge is 0.496 e. The fourth-order valence-corrected chi connectivity index (χ4v) is 4.14. The molecule has 0 aliphatic heterocycles. The molecule has 0 saturated heterocycles. The number of methoxy groups -OCH3 is 1. The quantitative estimate of drug-likeness (QED) is 0.536. The van der Waals surface area contributed by atoms with E-state index in [0.29, 0.717) is 33.0 Å². The van der Waals surface area contributed by atoms with Gasteiger partial charge in [0.25, 0.3) is 5.56 Å². The summed E-state index contributed by atoms with van der Waals surface area (Å²) >= 11 is 1.12. The molecule has 0 bridgehead atoms. The highest BCUT2D eigenvalue weighted by atomic mass is 32.1. The molecular weight excluding hydrogens is 406 g/mol. The van der Waals surface area contributed by atoms with Crippen molar-refractivity contribution in [3.63, 3.8) is 0 Å². The Morgan fingerprint density at radius 3 is 2.70 bits per heavy atom. The van der Waals surface area contributed by atoms with E-state index < -0.39 is 5.97 Å². The SMILES string of the molecule is CCOC(=O)c1sc2ncn(CC(=O)N(C)Cc3ccccc3OC)c(=O)c2c1C. The van der Waals surface area contributed by atoms with E-state index in [4.69, 9.17) is 9.47 Å². The first-order chi connectivity index (χ1) is 14.4. The first-order valence-corrected chi connectivity index (χ1v) is 10.2. The van der Waals surface area contributed by atoms with Crippen LogP contribution in [0.3, 0.4) is 0 Å². The number of benzene rings is 1. The van der Waals surface area contributed by atoms with Gasteiger partial charge in [0, 0.05) is 19.2 Å². The highest BCUT2D eigenvalue weighted by Crippen LogP contribution is 2.27. The number of ether oxygens (including phenoxy) is 2. The summed E-state index contributed by atoms with van der Waals surface area (Å²) in [5.41, 5.74) is 1.03. The number of aryl methyl sites for hydroxylation is 1. The Hall–Kier alpha value is -3.20. The second kappa shape index (κ2) is 9.08. The van der Waals surface area contributed by atoms with E-state index in [-0.39, 0.29) is 24.6 Å². The Morgan fingerprint density at radius 2 is 2.00 bits per heavy atom. The van der Waals surface area contributed by atoms with Crippen molar-refractivity contribution in [2.45, 2.75) is 26.9 Å². The number of carbonyl (C=O) groups is 2. The summed E-state index contributed by atoms with van der Waals surface area (Å²) in [6.07, 6.45) is 1.34. The van der Waals surface area contributed by atoms with E-state index in [0.717, 1.165) is 16.9 Å². The predicted molar refractivity (Wildman–Crippen MR) is 114 cm³/mol. The molecule has 0 aliphatic rings. The molecule has 1 aromatic carbocycles. The van der Waals surface area contributed by atoms with Gasteiger partial charge >= 0.3 is 5.97 Å². The Morgan fingerprint density at radius 1 is 1.27 bits per heavy atom. The number of fused-ring (bicyclic) bond motifs is 1. The minimum Gasteiger partial charge on any atom is -0.496 e. The van der Waals surface area contributed by atoms with Crippen molar-refractivity contribution >= 4 is 33.4 Å².